The maximum Gasteiger partial charge on any atom is 0.0967 e. The van der Waals surface area contributed by atoms with Crippen LogP contribution in [0.3, 0.4) is 0 Å². The molecular formula is C31H63NO3. The summed E-state index contributed by atoms with van der Waals surface area (Å²) in [4.78, 5) is 6.15. The van der Waals surface area contributed by atoms with Crippen molar-refractivity contribution in [2.45, 2.75) is 187 Å². The molecule has 1 saturated heterocycles. The molecule has 1 rings (SSSR count). The van der Waals surface area contributed by atoms with E-state index in [4.69, 9.17) is 9.57 Å². The van der Waals surface area contributed by atoms with Gasteiger partial charge in [0.2, 0.25) is 0 Å². The van der Waals surface area contributed by atoms with E-state index in [9.17, 15) is 5.11 Å². The molecule has 0 amide bonds. The van der Waals surface area contributed by atoms with Crippen molar-refractivity contribution in [3.8, 4) is 0 Å². The van der Waals surface area contributed by atoms with E-state index in [1.54, 1.807) is 13.8 Å². The number of ether oxygens (including phenoxy) is 1. The molecule has 0 aliphatic carbocycles. The fraction of sp³-hybridized carbons (Fsp3) is 1.00. The Bertz CT molecular complexity index is 512. The highest BCUT2D eigenvalue weighted by Crippen LogP contribution is 2.40. The highest BCUT2D eigenvalue weighted by molar-refractivity contribution is 4.99. The average molecular weight is 498 g/mol. The molecule has 1 aliphatic heterocycles. The van der Waals surface area contributed by atoms with E-state index in [0.29, 0.717) is 6.61 Å². The molecule has 1 aliphatic rings. The summed E-state index contributed by atoms with van der Waals surface area (Å²) < 4.78 is 6.39. The summed E-state index contributed by atoms with van der Waals surface area (Å²) in [5.41, 5.74) is -1.13. The molecule has 4 heteroatoms. The van der Waals surface area contributed by atoms with Crippen molar-refractivity contribution in [3.63, 3.8) is 0 Å². The minimum atomic E-state index is -0.840. The van der Waals surface area contributed by atoms with Crippen molar-refractivity contribution in [2.24, 2.45) is 0 Å². The maximum absolute atomic E-state index is 10.1. The van der Waals surface area contributed by atoms with Gasteiger partial charge in [-0.05, 0) is 60.8 Å². The number of unbranched alkanes of at least 4 members (excludes halogenated alkanes) is 15. The van der Waals surface area contributed by atoms with E-state index >= 15 is 0 Å². The van der Waals surface area contributed by atoms with Gasteiger partial charge < -0.3 is 9.84 Å². The Morgan fingerprint density at radius 3 is 1.60 bits per heavy atom. The second-order valence-electron chi connectivity index (χ2n) is 13.0. The molecular weight excluding hydrogens is 434 g/mol. The first kappa shape index (κ1) is 32.9. The van der Waals surface area contributed by atoms with Crippen molar-refractivity contribution in [1.82, 2.24) is 5.06 Å². The summed E-state index contributed by atoms with van der Waals surface area (Å²) in [5, 5.41) is 12.2. The molecule has 1 N–H and O–H groups in total. The first-order valence-corrected chi connectivity index (χ1v) is 15.3. The number of aliphatic hydroxyl groups is 1. The molecule has 210 valence electrons. The highest BCUT2D eigenvalue weighted by Gasteiger charge is 2.49. The second-order valence-corrected chi connectivity index (χ2v) is 13.0. The molecule has 1 fully saturated rings. The average Bonchev–Trinajstić information content (AvgIpc) is 2.75. The topological polar surface area (TPSA) is 41.9 Å². The molecule has 1 unspecified atom stereocenters. The third-order valence-corrected chi connectivity index (χ3v) is 7.74. The van der Waals surface area contributed by atoms with Crippen LogP contribution in [0.15, 0.2) is 0 Å². The van der Waals surface area contributed by atoms with Gasteiger partial charge in [0.25, 0.3) is 0 Å². The maximum atomic E-state index is 10.1. The first-order valence-electron chi connectivity index (χ1n) is 15.3. The van der Waals surface area contributed by atoms with Gasteiger partial charge in [-0.15, -0.1) is 0 Å². The Balaban J connectivity index is 2.07. The van der Waals surface area contributed by atoms with Crippen molar-refractivity contribution >= 4 is 0 Å². The monoisotopic (exact) mass is 497 g/mol. The zero-order valence-corrected chi connectivity index (χ0v) is 24.9. The van der Waals surface area contributed by atoms with Crippen LogP contribution < -0.4 is 0 Å². The summed E-state index contributed by atoms with van der Waals surface area (Å²) in [7, 11) is 0. The van der Waals surface area contributed by atoms with Gasteiger partial charge in [-0.3, -0.25) is 4.84 Å². The summed E-state index contributed by atoms with van der Waals surface area (Å²) in [6.45, 7) is 15.9. The quantitative estimate of drug-likeness (QED) is 0.161. The number of hydrogen-bond donors (Lipinski definition) is 1. The van der Waals surface area contributed by atoms with Gasteiger partial charge in [0.1, 0.15) is 0 Å². The van der Waals surface area contributed by atoms with Gasteiger partial charge in [-0.25, -0.2) is 0 Å². The third kappa shape index (κ3) is 14.4. The largest absolute Gasteiger partial charge is 0.388 e. The number of hydroxylamine groups is 2. The number of piperidine rings is 1. The van der Waals surface area contributed by atoms with Crippen LogP contribution in [0.4, 0.5) is 0 Å². The molecule has 0 aromatic heterocycles. The van der Waals surface area contributed by atoms with Gasteiger partial charge in [0.15, 0.2) is 0 Å². The molecule has 1 atom stereocenters. The van der Waals surface area contributed by atoms with E-state index in [-0.39, 0.29) is 17.2 Å². The molecule has 0 aromatic rings. The molecule has 0 radical (unpaired) electrons. The predicted octanol–water partition coefficient (Wildman–Crippen LogP) is 8.99. The standard InChI is InChI=1S/C31H63NO3/c1-8-9-10-11-12-13-14-15-16-17-18-19-20-21-22-23-26-34-28-24-25-29(2,3)32(31(28,6)7)35-27-30(4,5)33/h28,33H,8-27H2,1-7H3. The summed E-state index contributed by atoms with van der Waals surface area (Å²) >= 11 is 0. The predicted molar refractivity (Wildman–Crippen MR) is 151 cm³/mol. The SMILES string of the molecule is CCCCCCCCCCCCCCCCCCOC1CCC(C)(C)N(OCC(C)(C)O)C1(C)C. The van der Waals surface area contributed by atoms with E-state index in [1.165, 1.54) is 96.3 Å². The van der Waals surface area contributed by atoms with E-state index in [1.807, 2.05) is 0 Å². The Morgan fingerprint density at radius 2 is 1.17 bits per heavy atom. The Hall–Kier alpha value is -0.160. The molecule has 0 aromatic carbocycles. The zero-order chi connectivity index (χ0) is 26.2. The highest BCUT2D eigenvalue weighted by atomic mass is 16.7. The third-order valence-electron chi connectivity index (χ3n) is 7.74. The van der Waals surface area contributed by atoms with Crippen LogP contribution in [0.25, 0.3) is 0 Å². The normalized spacial score (nSPS) is 20.4. The summed E-state index contributed by atoms with van der Waals surface area (Å²) in [5.74, 6) is 0. The fourth-order valence-corrected chi connectivity index (χ4v) is 5.58. The molecule has 35 heavy (non-hydrogen) atoms. The Labute approximate surface area is 219 Å². The Morgan fingerprint density at radius 1 is 0.743 bits per heavy atom. The molecule has 0 saturated carbocycles. The minimum Gasteiger partial charge on any atom is -0.388 e. The van der Waals surface area contributed by atoms with Crippen LogP contribution in [0.5, 0.6) is 0 Å². The van der Waals surface area contributed by atoms with E-state index in [2.05, 4.69) is 39.7 Å². The van der Waals surface area contributed by atoms with E-state index in [0.717, 1.165) is 25.9 Å². The van der Waals surface area contributed by atoms with Crippen LogP contribution in [-0.4, -0.2) is 46.2 Å². The number of rotatable bonds is 21. The molecule has 1 heterocycles. The van der Waals surface area contributed by atoms with Crippen LogP contribution in [-0.2, 0) is 9.57 Å². The van der Waals surface area contributed by atoms with Crippen LogP contribution in [0.1, 0.15) is 164 Å². The lowest BCUT2D eigenvalue weighted by molar-refractivity contribution is -0.319. The van der Waals surface area contributed by atoms with Gasteiger partial charge in [-0.2, -0.15) is 5.06 Å². The van der Waals surface area contributed by atoms with Gasteiger partial charge in [0, 0.05) is 12.1 Å². The van der Waals surface area contributed by atoms with Crippen molar-refractivity contribution in [3.05, 3.63) is 0 Å². The minimum absolute atomic E-state index is 0.0666. The van der Waals surface area contributed by atoms with Gasteiger partial charge >= 0.3 is 0 Å². The van der Waals surface area contributed by atoms with Crippen molar-refractivity contribution in [2.75, 3.05) is 13.2 Å². The lowest BCUT2D eigenvalue weighted by Crippen LogP contribution is -2.65. The van der Waals surface area contributed by atoms with Crippen molar-refractivity contribution < 1.29 is 14.7 Å². The molecule has 0 bridgehead atoms. The summed E-state index contributed by atoms with van der Waals surface area (Å²) in [6.07, 6.45) is 24.5. The van der Waals surface area contributed by atoms with Crippen LogP contribution >= 0.6 is 0 Å². The summed E-state index contributed by atoms with van der Waals surface area (Å²) in [6, 6.07) is 0. The van der Waals surface area contributed by atoms with Crippen LogP contribution in [0.2, 0.25) is 0 Å². The fourth-order valence-electron chi connectivity index (χ4n) is 5.58. The Kier molecular flexibility index (Phi) is 16.3. The number of nitrogens with zero attached hydrogens (tertiary/aromatic N) is 1. The van der Waals surface area contributed by atoms with Crippen molar-refractivity contribution in [1.29, 1.82) is 0 Å². The smallest absolute Gasteiger partial charge is 0.0967 e. The van der Waals surface area contributed by atoms with Crippen LogP contribution in [0, 0.1) is 0 Å². The van der Waals surface area contributed by atoms with Gasteiger partial charge in [0.05, 0.1) is 23.9 Å². The second kappa shape index (κ2) is 17.4. The van der Waals surface area contributed by atoms with Gasteiger partial charge in [-0.1, -0.05) is 103 Å². The lowest BCUT2D eigenvalue weighted by Gasteiger charge is -2.55. The molecule has 0 spiro atoms. The first-order chi connectivity index (χ1) is 16.5. The zero-order valence-electron chi connectivity index (χ0n) is 24.9. The molecule has 4 nitrogen and oxygen atoms in total. The lowest BCUT2D eigenvalue weighted by atomic mass is 9.79. The van der Waals surface area contributed by atoms with E-state index < -0.39 is 5.60 Å². The number of hydrogen-bond acceptors (Lipinski definition) is 4.